The number of nitrogens with zero attached hydrogens (tertiary/aromatic N) is 1. The largest absolute Gasteiger partial charge is 0.480 e. The van der Waals surface area contributed by atoms with Crippen LogP contribution in [0, 0.1) is 11.8 Å². The van der Waals surface area contributed by atoms with Crippen LogP contribution in [0.25, 0.3) is 0 Å². The van der Waals surface area contributed by atoms with Crippen molar-refractivity contribution in [2.45, 2.75) is 25.0 Å². The number of amides is 1. The van der Waals surface area contributed by atoms with E-state index < -0.39 is 24.8 Å². The molecule has 0 aromatic heterocycles. The van der Waals surface area contributed by atoms with E-state index in [9.17, 15) is 14.7 Å². The fourth-order valence-electron chi connectivity index (χ4n) is 2.58. The molecule has 27 heavy (non-hydrogen) atoms. The van der Waals surface area contributed by atoms with Crippen LogP contribution in [0.5, 0.6) is 0 Å². The SMILES string of the molecule is O=C(O)COCC#CCN1C(=O)OCC[C@@H]1C=CC(O)Cc1ccccc1. The molecule has 7 heteroatoms. The monoisotopic (exact) mass is 373 g/mol. The molecule has 0 saturated carbocycles. The van der Waals surface area contributed by atoms with Gasteiger partial charge in [-0.25, -0.2) is 9.59 Å². The van der Waals surface area contributed by atoms with Gasteiger partial charge >= 0.3 is 12.1 Å². The smallest absolute Gasteiger partial charge is 0.411 e. The highest BCUT2D eigenvalue weighted by molar-refractivity contribution is 5.69. The zero-order valence-corrected chi connectivity index (χ0v) is 14.9. The van der Waals surface area contributed by atoms with Crippen LogP contribution in [0.15, 0.2) is 42.5 Å². The Hall–Kier alpha value is -2.82. The van der Waals surface area contributed by atoms with Gasteiger partial charge in [-0.15, -0.1) is 0 Å². The molecule has 2 N–H and O–H groups in total. The second-order valence-corrected chi connectivity index (χ2v) is 5.98. The summed E-state index contributed by atoms with van der Waals surface area (Å²) >= 11 is 0. The molecule has 0 spiro atoms. The number of carbonyl (C=O) groups is 2. The first-order valence-electron chi connectivity index (χ1n) is 8.65. The minimum Gasteiger partial charge on any atom is -0.480 e. The minimum atomic E-state index is -1.06. The van der Waals surface area contributed by atoms with Gasteiger partial charge in [0.15, 0.2) is 0 Å². The number of hydrogen-bond donors (Lipinski definition) is 2. The lowest BCUT2D eigenvalue weighted by molar-refractivity contribution is -0.141. The van der Waals surface area contributed by atoms with E-state index in [1.165, 1.54) is 4.90 Å². The van der Waals surface area contributed by atoms with Gasteiger partial charge in [0.05, 0.1) is 25.3 Å². The highest BCUT2D eigenvalue weighted by atomic mass is 16.6. The van der Waals surface area contributed by atoms with Crippen LogP contribution in [0.4, 0.5) is 4.79 Å². The Morgan fingerprint density at radius 1 is 1.37 bits per heavy atom. The van der Waals surface area contributed by atoms with E-state index >= 15 is 0 Å². The lowest BCUT2D eigenvalue weighted by Crippen LogP contribution is -2.45. The molecule has 1 fully saturated rings. The highest BCUT2D eigenvalue weighted by Crippen LogP contribution is 2.15. The lowest BCUT2D eigenvalue weighted by atomic mass is 10.1. The van der Waals surface area contributed by atoms with Crippen LogP contribution in [-0.2, 0) is 20.7 Å². The number of hydrogen-bond acceptors (Lipinski definition) is 5. The Labute approximate surface area is 158 Å². The van der Waals surface area contributed by atoms with Gasteiger partial charge in [-0.05, 0) is 5.56 Å². The number of ether oxygens (including phenoxy) is 2. The van der Waals surface area contributed by atoms with E-state index in [2.05, 4.69) is 11.8 Å². The maximum atomic E-state index is 12.0. The number of cyclic esters (lactones) is 1. The van der Waals surface area contributed by atoms with Crippen LogP contribution in [0.1, 0.15) is 12.0 Å². The summed E-state index contributed by atoms with van der Waals surface area (Å²) in [5, 5.41) is 18.7. The van der Waals surface area contributed by atoms with E-state index in [1.807, 2.05) is 30.3 Å². The van der Waals surface area contributed by atoms with Crippen molar-refractivity contribution in [1.82, 2.24) is 4.90 Å². The van der Waals surface area contributed by atoms with Gasteiger partial charge < -0.3 is 19.7 Å². The van der Waals surface area contributed by atoms with E-state index in [0.29, 0.717) is 19.4 Å². The number of carbonyl (C=O) groups excluding carboxylic acids is 1. The van der Waals surface area contributed by atoms with E-state index in [-0.39, 0.29) is 19.2 Å². The van der Waals surface area contributed by atoms with Gasteiger partial charge in [-0.1, -0.05) is 54.3 Å². The molecule has 0 aliphatic carbocycles. The molecule has 1 aromatic carbocycles. The molecule has 1 saturated heterocycles. The van der Waals surface area contributed by atoms with Crippen molar-refractivity contribution in [3.63, 3.8) is 0 Å². The van der Waals surface area contributed by atoms with Crippen molar-refractivity contribution in [3.05, 3.63) is 48.0 Å². The summed E-state index contributed by atoms with van der Waals surface area (Å²) in [5.41, 5.74) is 1.03. The van der Waals surface area contributed by atoms with Gasteiger partial charge in [-0.2, -0.15) is 0 Å². The first kappa shape index (κ1) is 20.5. The van der Waals surface area contributed by atoms with Crippen LogP contribution in [0.3, 0.4) is 0 Å². The summed E-state index contributed by atoms with van der Waals surface area (Å²) in [5.74, 6) is 4.39. The summed E-state index contributed by atoms with van der Waals surface area (Å²) in [6.45, 7) is 0.0178. The van der Waals surface area contributed by atoms with Crippen LogP contribution < -0.4 is 0 Å². The molecule has 0 bridgehead atoms. The number of aliphatic hydroxyl groups excluding tert-OH is 1. The first-order valence-corrected chi connectivity index (χ1v) is 8.65. The molecule has 1 amide bonds. The topological polar surface area (TPSA) is 96.3 Å². The average Bonchev–Trinajstić information content (AvgIpc) is 2.65. The zero-order chi connectivity index (χ0) is 19.5. The highest BCUT2D eigenvalue weighted by Gasteiger charge is 2.27. The molecule has 0 radical (unpaired) electrons. The Morgan fingerprint density at radius 2 is 2.15 bits per heavy atom. The quantitative estimate of drug-likeness (QED) is 0.407. The molecule has 1 heterocycles. The fraction of sp³-hybridized carbons (Fsp3) is 0.400. The molecule has 1 aliphatic heterocycles. The third-order valence-electron chi connectivity index (χ3n) is 3.89. The van der Waals surface area contributed by atoms with Crippen molar-refractivity contribution in [2.24, 2.45) is 0 Å². The molecule has 144 valence electrons. The molecule has 2 atom stereocenters. The molecular formula is C20H23NO6. The summed E-state index contributed by atoms with van der Waals surface area (Å²) in [4.78, 5) is 23.8. The number of benzene rings is 1. The van der Waals surface area contributed by atoms with Crippen molar-refractivity contribution in [2.75, 3.05) is 26.4 Å². The third-order valence-corrected chi connectivity index (χ3v) is 3.89. The van der Waals surface area contributed by atoms with Gasteiger partial charge in [0.1, 0.15) is 13.2 Å². The Morgan fingerprint density at radius 3 is 2.89 bits per heavy atom. The van der Waals surface area contributed by atoms with Crippen molar-refractivity contribution < 1.29 is 29.3 Å². The molecular weight excluding hydrogens is 350 g/mol. The Bertz CT molecular complexity index is 706. The third kappa shape index (κ3) is 7.52. The average molecular weight is 373 g/mol. The summed E-state index contributed by atoms with van der Waals surface area (Å²) in [7, 11) is 0. The van der Waals surface area contributed by atoms with E-state index in [1.54, 1.807) is 12.2 Å². The second-order valence-electron chi connectivity index (χ2n) is 5.98. The Kier molecular flexibility index (Phi) is 8.36. The normalized spacial score (nSPS) is 17.9. The fourth-order valence-corrected chi connectivity index (χ4v) is 2.58. The first-order chi connectivity index (χ1) is 13.1. The number of aliphatic carboxylic acids is 1. The van der Waals surface area contributed by atoms with Crippen molar-refractivity contribution in [3.8, 4) is 11.8 Å². The molecule has 1 unspecified atom stereocenters. The zero-order valence-electron chi connectivity index (χ0n) is 14.9. The van der Waals surface area contributed by atoms with Crippen molar-refractivity contribution in [1.29, 1.82) is 0 Å². The van der Waals surface area contributed by atoms with Crippen LogP contribution in [-0.4, -0.2) is 65.7 Å². The summed E-state index contributed by atoms with van der Waals surface area (Å²) in [6.07, 6.45) is 3.48. The summed E-state index contributed by atoms with van der Waals surface area (Å²) < 4.78 is 9.87. The predicted molar refractivity (Wildman–Crippen MR) is 98.0 cm³/mol. The van der Waals surface area contributed by atoms with Crippen LogP contribution >= 0.6 is 0 Å². The summed E-state index contributed by atoms with van der Waals surface area (Å²) in [6, 6.07) is 9.44. The number of rotatable bonds is 8. The maximum absolute atomic E-state index is 12.0. The minimum absolute atomic E-state index is 0.0223. The second kappa shape index (κ2) is 11.0. The molecule has 7 nitrogen and oxygen atoms in total. The van der Waals surface area contributed by atoms with E-state index in [4.69, 9.17) is 14.6 Å². The van der Waals surface area contributed by atoms with Gasteiger partial charge in [0.25, 0.3) is 0 Å². The number of aliphatic hydroxyl groups is 1. The van der Waals surface area contributed by atoms with Gasteiger partial charge in [0, 0.05) is 12.8 Å². The Balaban J connectivity index is 1.87. The van der Waals surface area contributed by atoms with Gasteiger partial charge in [-0.3, -0.25) is 4.90 Å². The number of carboxylic acid groups (broad SMARTS) is 1. The molecule has 1 aromatic rings. The molecule has 1 aliphatic rings. The standard InChI is InChI=1S/C20H23NO6/c22-18(14-16-6-2-1-3-7-16)9-8-17-10-13-27-20(25)21(17)11-4-5-12-26-15-19(23)24/h1-3,6-9,17-18,22H,10-15H2,(H,23,24)/t17-,18?/m0/s1. The maximum Gasteiger partial charge on any atom is 0.411 e. The van der Waals surface area contributed by atoms with Crippen molar-refractivity contribution >= 4 is 12.1 Å². The number of carboxylic acids is 1. The van der Waals surface area contributed by atoms with E-state index in [0.717, 1.165) is 5.56 Å². The molecule has 2 rings (SSSR count). The lowest BCUT2D eigenvalue weighted by Gasteiger charge is -2.31. The predicted octanol–water partition coefficient (Wildman–Crippen LogP) is 1.46. The van der Waals surface area contributed by atoms with Gasteiger partial charge in [0.2, 0.25) is 0 Å². The van der Waals surface area contributed by atoms with Crippen LogP contribution in [0.2, 0.25) is 0 Å².